The Labute approximate surface area is 203 Å². The molecule has 2 aromatic carbocycles. The second-order valence-corrected chi connectivity index (χ2v) is 11.0. The molecule has 0 radical (unpaired) electrons. The number of aryl methyl sites for hydroxylation is 2. The third-order valence-electron chi connectivity index (χ3n) is 5.79. The van der Waals surface area contributed by atoms with E-state index >= 15 is 0 Å². The Morgan fingerprint density at radius 1 is 0.971 bits per heavy atom. The summed E-state index contributed by atoms with van der Waals surface area (Å²) in [6.45, 7) is 1.87. The van der Waals surface area contributed by atoms with E-state index in [9.17, 15) is 18.0 Å². The molecule has 2 N–H and O–H groups in total. The number of sulfonamides is 1. The normalized spacial score (nSPS) is 13.5. The van der Waals surface area contributed by atoms with Gasteiger partial charge in [-0.2, -0.15) is 0 Å². The second kappa shape index (κ2) is 9.99. The lowest BCUT2D eigenvalue weighted by Gasteiger charge is -2.13. The molecule has 0 saturated heterocycles. The van der Waals surface area contributed by atoms with Crippen LogP contribution in [0.25, 0.3) is 0 Å². The molecular weight excluding hydrogens is 472 g/mol. The number of rotatable bonds is 6. The molecule has 3 aromatic rings. The van der Waals surface area contributed by atoms with Crippen molar-refractivity contribution in [1.29, 1.82) is 0 Å². The summed E-state index contributed by atoms with van der Waals surface area (Å²) in [6, 6.07) is 12.8. The van der Waals surface area contributed by atoms with Gasteiger partial charge < -0.3 is 10.1 Å². The molecule has 0 aliphatic heterocycles. The summed E-state index contributed by atoms with van der Waals surface area (Å²) in [5, 5.41) is 3.27. The Morgan fingerprint density at radius 3 is 2.41 bits per heavy atom. The van der Waals surface area contributed by atoms with Crippen LogP contribution in [0.4, 0.5) is 10.7 Å². The Bertz CT molecular complexity index is 1330. The number of benzene rings is 2. The molecule has 1 amide bonds. The van der Waals surface area contributed by atoms with E-state index in [1.165, 1.54) is 36.6 Å². The Hall–Kier alpha value is -3.17. The van der Waals surface area contributed by atoms with E-state index < -0.39 is 21.9 Å². The van der Waals surface area contributed by atoms with E-state index in [4.69, 9.17) is 4.74 Å². The summed E-state index contributed by atoms with van der Waals surface area (Å²) in [5.41, 5.74) is 2.58. The number of para-hydroxylation sites is 1. The number of amides is 1. The van der Waals surface area contributed by atoms with Crippen LogP contribution >= 0.6 is 11.3 Å². The number of ether oxygens (including phenoxy) is 1. The highest BCUT2D eigenvalue weighted by Crippen LogP contribution is 2.38. The number of anilines is 2. The summed E-state index contributed by atoms with van der Waals surface area (Å²) in [6.07, 6.45) is 4.72. The van der Waals surface area contributed by atoms with Crippen molar-refractivity contribution in [3.63, 3.8) is 0 Å². The lowest BCUT2D eigenvalue weighted by molar-refractivity contribution is 0.0601. The zero-order chi connectivity index (χ0) is 24.3. The van der Waals surface area contributed by atoms with Gasteiger partial charge in [0.25, 0.3) is 15.9 Å². The molecule has 178 valence electrons. The van der Waals surface area contributed by atoms with E-state index in [-0.39, 0.29) is 16.1 Å². The van der Waals surface area contributed by atoms with Crippen molar-refractivity contribution in [2.24, 2.45) is 0 Å². The molecule has 0 atom stereocenters. The van der Waals surface area contributed by atoms with Gasteiger partial charge in [0, 0.05) is 4.88 Å². The number of hydrogen-bond donors (Lipinski definition) is 2. The first-order chi connectivity index (χ1) is 16.3. The number of hydrogen-bond acceptors (Lipinski definition) is 6. The molecule has 0 fully saturated rings. The fraction of sp³-hybridized carbons (Fsp3) is 0.280. The minimum absolute atomic E-state index is 0.100. The van der Waals surface area contributed by atoms with Crippen LogP contribution in [0.1, 0.15) is 56.0 Å². The molecule has 1 heterocycles. The van der Waals surface area contributed by atoms with Crippen LogP contribution in [0.15, 0.2) is 53.4 Å². The van der Waals surface area contributed by atoms with Crippen molar-refractivity contribution in [2.45, 2.75) is 43.9 Å². The van der Waals surface area contributed by atoms with Crippen LogP contribution in [0.5, 0.6) is 0 Å². The first-order valence-electron chi connectivity index (χ1n) is 11.0. The van der Waals surface area contributed by atoms with Gasteiger partial charge in [-0.05, 0) is 62.4 Å². The number of carbonyl (C=O) groups is 2. The number of thiophene rings is 1. The van der Waals surface area contributed by atoms with Crippen LogP contribution in [-0.4, -0.2) is 27.4 Å². The lowest BCUT2D eigenvalue weighted by atomic mass is 10.1. The van der Waals surface area contributed by atoms with Crippen molar-refractivity contribution in [3.05, 3.63) is 75.7 Å². The van der Waals surface area contributed by atoms with Crippen LogP contribution in [-0.2, 0) is 27.6 Å². The van der Waals surface area contributed by atoms with Gasteiger partial charge in [0.05, 0.1) is 28.8 Å². The van der Waals surface area contributed by atoms with Crippen LogP contribution in [0, 0.1) is 6.92 Å². The molecule has 1 aliphatic rings. The molecule has 0 unspecified atom stereocenters. The monoisotopic (exact) mass is 498 g/mol. The number of methoxy groups -OCH3 is 1. The zero-order valence-electron chi connectivity index (χ0n) is 19.0. The molecule has 4 rings (SSSR count). The van der Waals surface area contributed by atoms with Gasteiger partial charge in [0.2, 0.25) is 0 Å². The standard InChI is InChI=1S/C25H26N2O5S2/c1-16-12-14-17(15-13-16)34(30,31)27-20-10-7-6-8-18(20)23(28)26-24-22(25(29)32-2)19-9-4-3-5-11-21(19)33-24/h6-8,10,12-15,27H,3-5,9,11H2,1-2H3,(H,26,28). The summed E-state index contributed by atoms with van der Waals surface area (Å²) < 4.78 is 33.3. The Balaban J connectivity index is 1.64. The fourth-order valence-corrected chi connectivity index (χ4v) is 6.36. The highest BCUT2D eigenvalue weighted by atomic mass is 32.2. The van der Waals surface area contributed by atoms with Gasteiger partial charge in [-0.1, -0.05) is 36.2 Å². The van der Waals surface area contributed by atoms with Gasteiger partial charge in [-0.25, -0.2) is 13.2 Å². The average molecular weight is 499 g/mol. The molecule has 34 heavy (non-hydrogen) atoms. The van der Waals surface area contributed by atoms with Gasteiger partial charge >= 0.3 is 5.97 Å². The van der Waals surface area contributed by atoms with Crippen LogP contribution in [0.3, 0.4) is 0 Å². The quantitative estimate of drug-likeness (QED) is 0.361. The molecular formula is C25H26N2O5S2. The van der Waals surface area contributed by atoms with Gasteiger partial charge in [0.1, 0.15) is 5.00 Å². The predicted molar refractivity (Wildman–Crippen MR) is 133 cm³/mol. The van der Waals surface area contributed by atoms with Crippen molar-refractivity contribution >= 4 is 43.9 Å². The fourth-order valence-electron chi connectivity index (χ4n) is 4.01. The van der Waals surface area contributed by atoms with Crippen LogP contribution < -0.4 is 10.0 Å². The van der Waals surface area contributed by atoms with Gasteiger partial charge in [-0.15, -0.1) is 11.3 Å². The van der Waals surface area contributed by atoms with Crippen molar-refractivity contribution in [1.82, 2.24) is 0 Å². The number of carbonyl (C=O) groups excluding carboxylic acids is 2. The van der Waals surface area contributed by atoms with E-state index in [0.29, 0.717) is 10.6 Å². The molecule has 0 spiro atoms. The predicted octanol–water partition coefficient (Wildman–Crippen LogP) is 5.17. The van der Waals surface area contributed by atoms with E-state index in [0.717, 1.165) is 48.1 Å². The molecule has 0 saturated carbocycles. The minimum atomic E-state index is -3.89. The summed E-state index contributed by atoms with van der Waals surface area (Å²) in [4.78, 5) is 27.0. The van der Waals surface area contributed by atoms with Crippen LogP contribution in [0.2, 0.25) is 0 Å². The minimum Gasteiger partial charge on any atom is -0.465 e. The first kappa shape index (κ1) is 24.0. The SMILES string of the molecule is COC(=O)c1c(NC(=O)c2ccccc2NS(=O)(=O)c2ccc(C)cc2)sc2c1CCCCC2. The Kier molecular flexibility index (Phi) is 7.04. The Morgan fingerprint density at radius 2 is 1.68 bits per heavy atom. The topological polar surface area (TPSA) is 102 Å². The zero-order valence-corrected chi connectivity index (χ0v) is 20.6. The van der Waals surface area contributed by atoms with E-state index in [1.54, 1.807) is 30.3 Å². The maximum Gasteiger partial charge on any atom is 0.341 e. The average Bonchev–Trinajstić information content (AvgIpc) is 2.98. The number of nitrogens with one attached hydrogen (secondary N) is 2. The second-order valence-electron chi connectivity index (χ2n) is 8.18. The maximum absolute atomic E-state index is 13.3. The third kappa shape index (κ3) is 5.00. The molecule has 0 bridgehead atoms. The lowest BCUT2D eigenvalue weighted by Crippen LogP contribution is -2.19. The third-order valence-corrected chi connectivity index (χ3v) is 8.37. The van der Waals surface area contributed by atoms with Crippen molar-refractivity contribution in [3.8, 4) is 0 Å². The van der Waals surface area contributed by atoms with Gasteiger partial charge in [-0.3, -0.25) is 9.52 Å². The smallest absolute Gasteiger partial charge is 0.341 e. The molecule has 9 heteroatoms. The van der Waals surface area contributed by atoms with Crippen molar-refractivity contribution < 1.29 is 22.7 Å². The van der Waals surface area contributed by atoms with Crippen molar-refractivity contribution in [2.75, 3.05) is 17.1 Å². The number of fused-ring (bicyclic) bond motifs is 1. The summed E-state index contributed by atoms with van der Waals surface area (Å²) in [5.74, 6) is -0.994. The van der Waals surface area contributed by atoms with E-state index in [2.05, 4.69) is 10.0 Å². The molecule has 1 aliphatic carbocycles. The maximum atomic E-state index is 13.3. The number of esters is 1. The van der Waals surface area contributed by atoms with Gasteiger partial charge in [0.15, 0.2) is 0 Å². The molecule has 1 aromatic heterocycles. The van der Waals surface area contributed by atoms with E-state index in [1.807, 2.05) is 6.92 Å². The summed E-state index contributed by atoms with van der Waals surface area (Å²) >= 11 is 1.39. The highest BCUT2D eigenvalue weighted by Gasteiger charge is 2.27. The first-order valence-corrected chi connectivity index (χ1v) is 13.3. The largest absolute Gasteiger partial charge is 0.465 e. The highest BCUT2D eigenvalue weighted by molar-refractivity contribution is 7.92. The summed E-state index contributed by atoms with van der Waals surface area (Å²) in [7, 11) is -2.57. The molecule has 7 nitrogen and oxygen atoms in total.